The van der Waals surface area contributed by atoms with Gasteiger partial charge >= 0.3 is 0 Å². The molecule has 2 heteroatoms. The third-order valence-corrected chi connectivity index (χ3v) is 1.80. The standard InChI is InChI=1S/C7H16O2/c1-6(5-9-8)7(2,3)4/h6,8H,5H2,1-4H3. The molecule has 0 amide bonds. The molecule has 0 bridgehead atoms. The molecule has 0 aliphatic heterocycles. The summed E-state index contributed by atoms with van der Waals surface area (Å²) in [5.74, 6) is 0.391. The smallest absolute Gasteiger partial charge is 0.0850 e. The molecule has 0 aromatic carbocycles. The second kappa shape index (κ2) is 3.18. The molecule has 1 atom stereocenters. The van der Waals surface area contributed by atoms with Crippen molar-refractivity contribution in [2.45, 2.75) is 27.7 Å². The second-order valence-electron chi connectivity index (χ2n) is 3.56. The minimum atomic E-state index is 0.225. The molecule has 0 aromatic heterocycles. The third-order valence-electron chi connectivity index (χ3n) is 1.80. The van der Waals surface area contributed by atoms with Crippen molar-refractivity contribution in [1.82, 2.24) is 0 Å². The maximum Gasteiger partial charge on any atom is 0.0850 e. The third kappa shape index (κ3) is 3.49. The maximum atomic E-state index is 8.10. The quantitative estimate of drug-likeness (QED) is 0.461. The normalized spacial score (nSPS) is 15.7. The van der Waals surface area contributed by atoms with Crippen LogP contribution in [0.1, 0.15) is 27.7 Å². The summed E-state index contributed by atoms with van der Waals surface area (Å²) < 4.78 is 0. The van der Waals surface area contributed by atoms with Crippen LogP contribution in [-0.2, 0) is 4.89 Å². The molecule has 2 nitrogen and oxygen atoms in total. The van der Waals surface area contributed by atoms with Crippen LogP contribution in [0.15, 0.2) is 0 Å². The van der Waals surface area contributed by atoms with Gasteiger partial charge in [-0.05, 0) is 11.3 Å². The summed E-state index contributed by atoms with van der Waals surface area (Å²) in [4.78, 5) is 4.03. The molecule has 0 saturated carbocycles. The Bertz CT molecular complexity index is 73.5. The molecule has 0 aliphatic carbocycles. The Hall–Kier alpha value is -0.0800. The highest BCUT2D eigenvalue weighted by Gasteiger charge is 2.19. The van der Waals surface area contributed by atoms with E-state index >= 15 is 0 Å². The second-order valence-corrected chi connectivity index (χ2v) is 3.56. The highest BCUT2D eigenvalue weighted by Crippen LogP contribution is 2.24. The molecular weight excluding hydrogens is 116 g/mol. The Kier molecular flexibility index (Phi) is 3.15. The van der Waals surface area contributed by atoms with Crippen LogP contribution in [0.5, 0.6) is 0 Å². The van der Waals surface area contributed by atoms with Gasteiger partial charge in [0, 0.05) is 0 Å². The van der Waals surface area contributed by atoms with Crippen LogP contribution in [0.25, 0.3) is 0 Å². The minimum absolute atomic E-state index is 0.225. The van der Waals surface area contributed by atoms with Crippen molar-refractivity contribution in [3.63, 3.8) is 0 Å². The van der Waals surface area contributed by atoms with E-state index in [0.717, 1.165) is 0 Å². The average molecular weight is 132 g/mol. The molecule has 0 aliphatic rings. The Morgan fingerprint density at radius 2 is 1.89 bits per heavy atom. The predicted molar refractivity (Wildman–Crippen MR) is 37.2 cm³/mol. The van der Waals surface area contributed by atoms with E-state index < -0.39 is 0 Å². The minimum Gasteiger partial charge on any atom is -0.252 e. The Balaban J connectivity index is 3.59. The Morgan fingerprint density at radius 3 is 2.00 bits per heavy atom. The first-order valence-electron chi connectivity index (χ1n) is 3.25. The van der Waals surface area contributed by atoms with Gasteiger partial charge in [0.1, 0.15) is 0 Å². The zero-order chi connectivity index (χ0) is 7.49. The molecule has 1 unspecified atom stereocenters. The largest absolute Gasteiger partial charge is 0.252 e. The number of rotatable bonds is 2. The van der Waals surface area contributed by atoms with Gasteiger partial charge in [0.05, 0.1) is 6.61 Å². The lowest BCUT2D eigenvalue weighted by molar-refractivity contribution is -0.255. The Labute approximate surface area is 56.8 Å². The molecule has 0 aromatic rings. The molecular formula is C7H16O2. The number of hydrogen-bond donors (Lipinski definition) is 1. The fourth-order valence-corrected chi connectivity index (χ4v) is 0.362. The van der Waals surface area contributed by atoms with Crippen molar-refractivity contribution in [2.75, 3.05) is 6.61 Å². The van der Waals surface area contributed by atoms with Gasteiger partial charge in [0.25, 0.3) is 0 Å². The van der Waals surface area contributed by atoms with Gasteiger partial charge in [-0.2, -0.15) is 0 Å². The van der Waals surface area contributed by atoms with E-state index in [1.54, 1.807) is 0 Å². The van der Waals surface area contributed by atoms with Crippen LogP contribution in [0.3, 0.4) is 0 Å². The molecule has 0 fully saturated rings. The summed E-state index contributed by atoms with van der Waals surface area (Å²) in [5.41, 5.74) is 0.225. The van der Waals surface area contributed by atoms with E-state index in [-0.39, 0.29) is 5.41 Å². The van der Waals surface area contributed by atoms with E-state index in [4.69, 9.17) is 5.26 Å². The van der Waals surface area contributed by atoms with E-state index in [1.165, 1.54) is 0 Å². The van der Waals surface area contributed by atoms with Crippen LogP contribution in [0.4, 0.5) is 0 Å². The van der Waals surface area contributed by atoms with Gasteiger partial charge in [-0.25, -0.2) is 4.89 Å². The van der Waals surface area contributed by atoms with Crippen LogP contribution in [0.2, 0.25) is 0 Å². The highest BCUT2D eigenvalue weighted by atomic mass is 17.1. The highest BCUT2D eigenvalue weighted by molar-refractivity contribution is 4.68. The zero-order valence-corrected chi connectivity index (χ0v) is 6.64. The molecule has 0 rings (SSSR count). The summed E-state index contributed by atoms with van der Waals surface area (Å²) in [7, 11) is 0. The van der Waals surface area contributed by atoms with Crippen LogP contribution >= 0.6 is 0 Å². The van der Waals surface area contributed by atoms with Gasteiger partial charge in [-0.1, -0.05) is 27.7 Å². The molecule has 0 heterocycles. The molecule has 56 valence electrons. The van der Waals surface area contributed by atoms with Crippen molar-refractivity contribution in [3.8, 4) is 0 Å². The van der Waals surface area contributed by atoms with E-state index in [1.807, 2.05) is 0 Å². The van der Waals surface area contributed by atoms with Gasteiger partial charge in [-0.15, -0.1) is 0 Å². The molecule has 0 saturated heterocycles. The van der Waals surface area contributed by atoms with Crippen molar-refractivity contribution in [2.24, 2.45) is 11.3 Å². The van der Waals surface area contributed by atoms with Crippen molar-refractivity contribution < 1.29 is 10.1 Å². The van der Waals surface area contributed by atoms with Crippen LogP contribution in [0, 0.1) is 11.3 Å². The Morgan fingerprint density at radius 1 is 1.44 bits per heavy atom. The molecule has 0 spiro atoms. The van der Waals surface area contributed by atoms with E-state index in [2.05, 4.69) is 32.6 Å². The fourth-order valence-electron chi connectivity index (χ4n) is 0.362. The summed E-state index contributed by atoms with van der Waals surface area (Å²) in [5, 5.41) is 8.10. The van der Waals surface area contributed by atoms with Crippen LogP contribution in [-0.4, -0.2) is 11.9 Å². The summed E-state index contributed by atoms with van der Waals surface area (Å²) in [6.45, 7) is 8.84. The SMILES string of the molecule is CC(COO)C(C)(C)C. The van der Waals surface area contributed by atoms with Crippen molar-refractivity contribution >= 4 is 0 Å². The van der Waals surface area contributed by atoms with Gasteiger partial charge in [-0.3, -0.25) is 5.26 Å². The first-order chi connectivity index (χ1) is 3.98. The first kappa shape index (κ1) is 8.92. The lowest BCUT2D eigenvalue weighted by Crippen LogP contribution is -2.21. The molecule has 1 N–H and O–H groups in total. The lowest BCUT2D eigenvalue weighted by atomic mass is 9.83. The topological polar surface area (TPSA) is 29.5 Å². The van der Waals surface area contributed by atoms with Gasteiger partial charge in [0.15, 0.2) is 0 Å². The predicted octanol–water partition coefficient (Wildman–Crippen LogP) is 2.16. The zero-order valence-electron chi connectivity index (χ0n) is 6.64. The molecule has 9 heavy (non-hydrogen) atoms. The van der Waals surface area contributed by atoms with E-state index in [9.17, 15) is 0 Å². The summed E-state index contributed by atoms with van der Waals surface area (Å²) in [6.07, 6.45) is 0. The monoisotopic (exact) mass is 132 g/mol. The maximum absolute atomic E-state index is 8.10. The van der Waals surface area contributed by atoms with Crippen molar-refractivity contribution in [1.29, 1.82) is 0 Å². The summed E-state index contributed by atoms with van der Waals surface area (Å²) >= 11 is 0. The van der Waals surface area contributed by atoms with E-state index in [0.29, 0.717) is 12.5 Å². The first-order valence-corrected chi connectivity index (χ1v) is 3.25. The van der Waals surface area contributed by atoms with Gasteiger partial charge < -0.3 is 0 Å². The fraction of sp³-hybridized carbons (Fsp3) is 1.00. The lowest BCUT2D eigenvalue weighted by Gasteiger charge is -2.25. The van der Waals surface area contributed by atoms with Crippen molar-refractivity contribution in [3.05, 3.63) is 0 Å². The summed E-state index contributed by atoms with van der Waals surface area (Å²) in [6, 6.07) is 0. The average Bonchev–Trinajstić information content (AvgIpc) is 1.64. The molecule has 0 radical (unpaired) electrons. The van der Waals surface area contributed by atoms with Crippen LogP contribution < -0.4 is 0 Å². The number of hydrogen-bond acceptors (Lipinski definition) is 2. The van der Waals surface area contributed by atoms with Gasteiger partial charge in [0.2, 0.25) is 0 Å².